The van der Waals surface area contributed by atoms with Gasteiger partial charge in [-0.25, -0.2) is 9.37 Å². The number of nitrogens with one attached hydrogen (secondary N) is 2. The highest BCUT2D eigenvalue weighted by atomic mass is 19.1. The van der Waals surface area contributed by atoms with Gasteiger partial charge in [0, 0.05) is 37.4 Å². The van der Waals surface area contributed by atoms with Gasteiger partial charge in [-0.05, 0) is 25.8 Å². The van der Waals surface area contributed by atoms with E-state index in [9.17, 15) is 14.0 Å². The summed E-state index contributed by atoms with van der Waals surface area (Å²) in [5.74, 6) is -1.04. The Hall–Kier alpha value is -3.23. The largest absolute Gasteiger partial charge is 0.363 e. The first-order valence-corrected chi connectivity index (χ1v) is 9.12. The van der Waals surface area contributed by atoms with Gasteiger partial charge in [0.05, 0.1) is 23.1 Å². The quantitative estimate of drug-likeness (QED) is 0.788. The second-order valence-electron chi connectivity index (χ2n) is 7.19. The highest BCUT2D eigenvalue weighted by molar-refractivity contribution is 6.21. The number of amides is 2. The van der Waals surface area contributed by atoms with Crippen LogP contribution >= 0.6 is 0 Å². The molecule has 0 saturated carbocycles. The first-order valence-electron chi connectivity index (χ1n) is 9.12. The van der Waals surface area contributed by atoms with Gasteiger partial charge in [0.1, 0.15) is 0 Å². The van der Waals surface area contributed by atoms with E-state index in [0.29, 0.717) is 17.8 Å². The van der Waals surface area contributed by atoms with E-state index < -0.39 is 5.82 Å². The Balaban J connectivity index is 1.65. The third-order valence-electron chi connectivity index (χ3n) is 5.26. The van der Waals surface area contributed by atoms with Crippen molar-refractivity contribution in [3.63, 3.8) is 0 Å². The van der Waals surface area contributed by atoms with E-state index in [4.69, 9.17) is 0 Å². The molecule has 0 bridgehead atoms. The van der Waals surface area contributed by atoms with Crippen LogP contribution in [0, 0.1) is 5.82 Å². The molecule has 9 heteroatoms. The monoisotopic (exact) mass is 384 g/mol. The Morgan fingerprint density at radius 3 is 2.89 bits per heavy atom. The summed E-state index contributed by atoms with van der Waals surface area (Å²) >= 11 is 0. The van der Waals surface area contributed by atoms with Gasteiger partial charge in [-0.15, -0.1) is 0 Å². The van der Waals surface area contributed by atoms with E-state index in [1.165, 1.54) is 6.08 Å². The third-order valence-corrected chi connectivity index (χ3v) is 5.26. The maximum Gasteiger partial charge on any atom is 0.260 e. The minimum atomic E-state index is -0.595. The molecule has 146 valence electrons. The molecule has 1 fully saturated rings. The number of hydrogen-bond acceptors (Lipinski definition) is 5. The van der Waals surface area contributed by atoms with Crippen LogP contribution in [0.1, 0.15) is 30.1 Å². The van der Waals surface area contributed by atoms with Crippen molar-refractivity contribution in [2.75, 3.05) is 17.2 Å². The lowest BCUT2D eigenvalue weighted by molar-refractivity contribution is -0.129. The summed E-state index contributed by atoms with van der Waals surface area (Å²) < 4.78 is 16.5. The Morgan fingerprint density at radius 1 is 1.46 bits per heavy atom. The van der Waals surface area contributed by atoms with Gasteiger partial charge in [-0.3, -0.25) is 14.3 Å². The van der Waals surface area contributed by atoms with Crippen molar-refractivity contribution in [1.82, 2.24) is 19.7 Å². The zero-order valence-corrected chi connectivity index (χ0v) is 15.7. The van der Waals surface area contributed by atoms with Gasteiger partial charge >= 0.3 is 0 Å². The first kappa shape index (κ1) is 18.1. The maximum atomic E-state index is 14.9. The SMILES string of the molecule is C=CC(=O)N1C[C@@H](Nc2nc(-c3cnn(C)c3)c3c(c2F)NC3=O)CC[C@H]1C. The van der Waals surface area contributed by atoms with Crippen LogP contribution < -0.4 is 10.6 Å². The molecule has 2 atom stereocenters. The molecule has 2 aliphatic rings. The van der Waals surface area contributed by atoms with Crippen molar-refractivity contribution >= 4 is 23.3 Å². The zero-order valence-electron chi connectivity index (χ0n) is 15.7. The van der Waals surface area contributed by atoms with Gasteiger partial charge in [0.25, 0.3) is 5.91 Å². The van der Waals surface area contributed by atoms with E-state index in [1.54, 1.807) is 29.0 Å². The predicted molar refractivity (Wildman–Crippen MR) is 102 cm³/mol. The molecule has 4 heterocycles. The van der Waals surface area contributed by atoms with Crippen LogP contribution in [0.3, 0.4) is 0 Å². The number of carbonyl (C=O) groups excluding carboxylic acids is 2. The number of anilines is 2. The summed E-state index contributed by atoms with van der Waals surface area (Å²) in [5.41, 5.74) is 1.40. The summed E-state index contributed by atoms with van der Waals surface area (Å²) in [6, 6.07) is -0.0545. The lowest BCUT2D eigenvalue weighted by Crippen LogP contribution is -2.49. The molecule has 0 aromatic carbocycles. The molecule has 2 amide bonds. The number of carbonyl (C=O) groups is 2. The average Bonchev–Trinajstić information content (AvgIpc) is 3.10. The number of rotatable bonds is 4. The minimum Gasteiger partial charge on any atom is -0.363 e. The summed E-state index contributed by atoms with van der Waals surface area (Å²) in [4.78, 5) is 30.1. The molecular weight excluding hydrogens is 363 g/mol. The molecular formula is C19H21FN6O2. The van der Waals surface area contributed by atoms with Crippen LogP contribution in [0.2, 0.25) is 0 Å². The molecule has 4 rings (SSSR count). The second kappa shape index (κ2) is 6.74. The number of likely N-dealkylation sites (tertiary alicyclic amines) is 1. The highest BCUT2D eigenvalue weighted by Crippen LogP contribution is 2.39. The number of fused-ring (bicyclic) bond motifs is 1. The molecule has 28 heavy (non-hydrogen) atoms. The van der Waals surface area contributed by atoms with E-state index in [1.807, 2.05) is 6.92 Å². The zero-order chi connectivity index (χ0) is 20.0. The minimum absolute atomic E-state index is 0.0585. The van der Waals surface area contributed by atoms with Crippen molar-refractivity contribution < 1.29 is 14.0 Å². The fourth-order valence-corrected chi connectivity index (χ4v) is 3.71. The topological polar surface area (TPSA) is 92.2 Å². The molecule has 1 saturated heterocycles. The first-order chi connectivity index (χ1) is 13.4. The van der Waals surface area contributed by atoms with Crippen LogP contribution in [0.4, 0.5) is 15.9 Å². The summed E-state index contributed by atoms with van der Waals surface area (Å²) in [5, 5.41) is 9.72. The van der Waals surface area contributed by atoms with Crippen molar-refractivity contribution in [3.05, 3.63) is 36.4 Å². The Morgan fingerprint density at radius 2 is 2.25 bits per heavy atom. The molecule has 0 aliphatic carbocycles. The molecule has 8 nitrogen and oxygen atoms in total. The third kappa shape index (κ3) is 2.92. The van der Waals surface area contributed by atoms with Crippen LogP contribution in [0.25, 0.3) is 11.3 Å². The van der Waals surface area contributed by atoms with Crippen LogP contribution in [0.5, 0.6) is 0 Å². The van der Waals surface area contributed by atoms with E-state index in [-0.39, 0.29) is 41.0 Å². The lowest BCUT2D eigenvalue weighted by Gasteiger charge is -2.38. The summed E-state index contributed by atoms with van der Waals surface area (Å²) in [6.07, 6.45) is 6.16. The molecule has 2 aliphatic heterocycles. The van der Waals surface area contributed by atoms with Crippen molar-refractivity contribution in [3.8, 4) is 11.3 Å². The van der Waals surface area contributed by atoms with Gasteiger partial charge in [-0.1, -0.05) is 6.58 Å². The maximum absolute atomic E-state index is 14.9. The number of aromatic nitrogens is 3. The van der Waals surface area contributed by atoms with Gasteiger partial charge in [0.2, 0.25) is 5.91 Å². The number of halogens is 1. The number of piperidine rings is 1. The number of aryl methyl sites for hydroxylation is 1. The normalized spacial score (nSPS) is 20.8. The van der Waals surface area contributed by atoms with Crippen LogP contribution in [-0.4, -0.2) is 50.1 Å². The number of hydrogen-bond donors (Lipinski definition) is 2. The van der Waals surface area contributed by atoms with Crippen LogP contribution in [-0.2, 0) is 11.8 Å². The molecule has 0 spiro atoms. The predicted octanol–water partition coefficient (Wildman–Crippen LogP) is 2.16. The van der Waals surface area contributed by atoms with Gasteiger partial charge < -0.3 is 15.5 Å². The molecule has 2 aromatic heterocycles. The van der Waals surface area contributed by atoms with Crippen molar-refractivity contribution in [2.24, 2.45) is 7.05 Å². The van der Waals surface area contributed by atoms with Gasteiger partial charge in [0.15, 0.2) is 11.6 Å². The number of nitrogens with zero attached hydrogens (tertiary/aromatic N) is 4. The molecule has 0 radical (unpaired) electrons. The van der Waals surface area contributed by atoms with Crippen molar-refractivity contribution in [2.45, 2.75) is 31.8 Å². The van der Waals surface area contributed by atoms with E-state index >= 15 is 0 Å². The van der Waals surface area contributed by atoms with Gasteiger partial charge in [-0.2, -0.15) is 5.10 Å². The Kier molecular flexibility index (Phi) is 4.37. The number of pyridine rings is 1. The van der Waals surface area contributed by atoms with Crippen LogP contribution in [0.15, 0.2) is 25.0 Å². The average molecular weight is 384 g/mol. The second-order valence-corrected chi connectivity index (χ2v) is 7.19. The summed E-state index contributed by atoms with van der Waals surface area (Å²) in [7, 11) is 1.76. The smallest absolute Gasteiger partial charge is 0.260 e. The van der Waals surface area contributed by atoms with E-state index in [0.717, 1.165) is 12.8 Å². The fraction of sp³-hybridized carbons (Fsp3) is 0.368. The van der Waals surface area contributed by atoms with Crippen molar-refractivity contribution in [1.29, 1.82) is 0 Å². The fourth-order valence-electron chi connectivity index (χ4n) is 3.71. The molecule has 2 aromatic rings. The standard InChI is InChI=1S/C19H21FN6O2/c1-4-13(27)26-9-12(6-5-10(26)2)22-18-15(20)17-14(19(28)24-17)16(23-18)11-7-21-25(3)8-11/h4,7-8,10,12H,1,5-6,9H2,2-3H3,(H,22,23)(H,24,28)/t10-,12+/m1/s1. The highest BCUT2D eigenvalue weighted by Gasteiger charge is 2.35. The Bertz CT molecular complexity index is 985. The molecule has 2 N–H and O–H groups in total. The Labute approximate surface area is 161 Å². The molecule has 0 unspecified atom stereocenters. The summed E-state index contributed by atoms with van der Waals surface area (Å²) in [6.45, 7) is 5.96. The lowest BCUT2D eigenvalue weighted by atomic mass is 9.98. The van der Waals surface area contributed by atoms with E-state index in [2.05, 4.69) is 27.3 Å².